The van der Waals surface area contributed by atoms with Gasteiger partial charge in [0.05, 0.1) is 5.69 Å². The molecule has 1 aliphatic heterocycles. The molecule has 0 aromatic carbocycles. The maximum atomic E-state index is 11.1. The number of hydrogen-bond donors (Lipinski definition) is 1. The third-order valence-electron chi connectivity index (χ3n) is 3.08. The van der Waals surface area contributed by atoms with Crippen LogP contribution in [0.3, 0.4) is 0 Å². The van der Waals surface area contributed by atoms with Crippen molar-refractivity contribution in [3.05, 3.63) is 17.7 Å². The molecule has 4 heteroatoms. The fourth-order valence-corrected chi connectivity index (χ4v) is 2.08. The van der Waals surface area contributed by atoms with Gasteiger partial charge in [-0.05, 0) is 12.8 Å². The zero-order valence-electron chi connectivity index (χ0n) is 10.0. The first-order chi connectivity index (χ1) is 7.39. The van der Waals surface area contributed by atoms with Crippen molar-refractivity contribution >= 4 is 5.97 Å². The third kappa shape index (κ3) is 1.84. The summed E-state index contributed by atoms with van der Waals surface area (Å²) in [5.74, 6) is -0.458. The summed E-state index contributed by atoms with van der Waals surface area (Å²) in [5, 5.41) is 9.14. The van der Waals surface area contributed by atoms with E-state index >= 15 is 0 Å². The van der Waals surface area contributed by atoms with Gasteiger partial charge < -0.3 is 9.67 Å². The van der Waals surface area contributed by atoms with E-state index in [0.717, 1.165) is 24.5 Å². The molecule has 0 unspecified atom stereocenters. The smallest absolute Gasteiger partial charge is 0.314 e. The van der Waals surface area contributed by atoms with Crippen LogP contribution >= 0.6 is 0 Å². The molecule has 0 fully saturated rings. The highest BCUT2D eigenvalue weighted by molar-refractivity contribution is 5.75. The van der Waals surface area contributed by atoms with E-state index in [1.807, 2.05) is 10.8 Å². The Morgan fingerprint density at radius 1 is 1.56 bits per heavy atom. The van der Waals surface area contributed by atoms with Gasteiger partial charge in [-0.25, -0.2) is 4.98 Å². The molecule has 1 aliphatic rings. The van der Waals surface area contributed by atoms with Gasteiger partial charge >= 0.3 is 5.97 Å². The maximum Gasteiger partial charge on any atom is 0.314 e. The molecule has 1 N–H and O–H groups in total. The number of imidazole rings is 1. The average molecular weight is 222 g/mol. The fourth-order valence-electron chi connectivity index (χ4n) is 2.08. The minimum absolute atomic E-state index is 0.0204. The van der Waals surface area contributed by atoms with Crippen LogP contribution in [0, 0.1) is 0 Å². The Morgan fingerprint density at radius 2 is 2.25 bits per heavy atom. The number of carbonyl (C=O) groups is 1. The molecule has 0 saturated carbocycles. The average Bonchev–Trinajstić information content (AvgIpc) is 2.59. The summed E-state index contributed by atoms with van der Waals surface area (Å²) >= 11 is 0. The van der Waals surface area contributed by atoms with Crippen LogP contribution in [0.15, 0.2) is 6.20 Å². The summed E-state index contributed by atoms with van der Waals surface area (Å²) in [4.78, 5) is 15.6. The number of aryl methyl sites for hydroxylation is 1. The standard InChI is InChI=1S/C12H18N2O2/c1-12(2,3)9-7-14-6-4-5-8(11(15)16)10(14)13-9/h7-8H,4-6H2,1-3H3,(H,15,16)/t8-/m1/s1. The van der Waals surface area contributed by atoms with Crippen molar-refractivity contribution in [2.24, 2.45) is 0 Å². The van der Waals surface area contributed by atoms with Crippen LogP contribution in [0.1, 0.15) is 51.0 Å². The molecule has 0 amide bonds. The molecule has 16 heavy (non-hydrogen) atoms. The molecule has 4 nitrogen and oxygen atoms in total. The predicted octanol–water partition coefficient (Wildman–Crippen LogP) is 2.14. The normalized spacial score (nSPS) is 20.6. The minimum atomic E-state index is -0.757. The zero-order valence-corrected chi connectivity index (χ0v) is 10.0. The Kier molecular flexibility index (Phi) is 2.52. The first kappa shape index (κ1) is 11.2. The first-order valence-electron chi connectivity index (χ1n) is 5.70. The number of hydrogen-bond acceptors (Lipinski definition) is 2. The van der Waals surface area contributed by atoms with Crippen LogP contribution < -0.4 is 0 Å². The number of fused-ring (bicyclic) bond motifs is 1. The van der Waals surface area contributed by atoms with E-state index in [-0.39, 0.29) is 5.41 Å². The number of carboxylic acids is 1. The van der Waals surface area contributed by atoms with Crippen molar-refractivity contribution in [2.75, 3.05) is 0 Å². The van der Waals surface area contributed by atoms with Gasteiger partial charge in [-0.1, -0.05) is 20.8 Å². The zero-order chi connectivity index (χ0) is 11.9. The molecule has 0 bridgehead atoms. The van der Waals surface area contributed by atoms with E-state index < -0.39 is 11.9 Å². The van der Waals surface area contributed by atoms with E-state index in [9.17, 15) is 4.79 Å². The highest BCUT2D eigenvalue weighted by Gasteiger charge is 2.30. The van der Waals surface area contributed by atoms with Crippen LogP contribution in [0.2, 0.25) is 0 Å². The molecule has 1 aromatic heterocycles. The summed E-state index contributed by atoms with van der Waals surface area (Å²) < 4.78 is 2.00. The van der Waals surface area contributed by atoms with Crippen LogP contribution in [-0.2, 0) is 16.8 Å². The first-order valence-corrected chi connectivity index (χ1v) is 5.70. The summed E-state index contributed by atoms with van der Waals surface area (Å²) in [7, 11) is 0. The molecule has 88 valence electrons. The van der Waals surface area contributed by atoms with Crippen molar-refractivity contribution in [1.29, 1.82) is 0 Å². The van der Waals surface area contributed by atoms with Gasteiger partial charge in [0.15, 0.2) is 0 Å². The Labute approximate surface area is 95.3 Å². The number of aromatic nitrogens is 2. The van der Waals surface area contributed by atoms with Crippen LogP contribution in [0.4, 0.5) is 0 Å². The van der Waals surface area contributed by atoms with Crippen molar-refractivity contribution in [3.63, 3.8) is 0 Å². The molecule has 2 rings (SSSR count). The molecule has 1 atom stereocenters. The lowest BCUT2D eigenvalue weighted by Crippen LogP contribution is -2.22. The van der Waals surface area contributed by atoms with E-state index in [4.69, 9.17) is 5.11 Å². The molecule has 0 aliphatic carbocycles. The fraction of sp³-hybridized carbons (Fsp3) is 0.667. The molecule has 0 spiro atoms. The summed E-state index contributed by atoms with van der Waals surface area (Å²) in [5.41, 5.74) is 0.962. The molecule has 0 saturated heterocycles. The largest absolute Gasteiger partial charge is 0.481 e. The van der Waals surface area contributed by atoms with Crippen LogP contribution in [0.5, 0.6) is 0 Å². The topological polar surface area (TPSA) is 55.1 Å². The number of carboxylic acid groups (broad SMARTS) is 1. The van der Waals surface area contributed by atoms with Gasteiger partial charge in [-0.15, -0.1) is 0 Å². The predicted molar refractivity (Wildman–Crippen MR) is 60.5 cm³/mol. The highest BCUT2D eigenvalue weighted by Crippen LogP contribution is 2.30. The second-order valence-electron chi connectivity index (χ2n) is 5.46. The number of rotatable bonds is 1. The summed E-state index contributed by atoms with van der Waals surface area (Å²) in [6.07, 6.45) is 3.63. The Bertz CT molecular complexity index is 415. The molecule has 1 aromatic rings. The lowest BCUT2D eigenvalue weighted by molar-refractivity contribution is -0.139. The van der Waals surface area contributed by atoms with Crippen molar-refractivity contribution < 1.29 is 9.90 Å². The lowest BCUT2D eigenvalue weighted by atomic mass is 9.93. The lowest BCUT2D eigenvalue weighted by Gasteiger charge is -2.19. The highest BCUT2D eigenvalue weighted by atomic mass is 16.4. The molecular weight excluding hydrogens is 204 g/mol. The molecule has 2 heterocycles. The van der Waals surface area contributed by atoms with Crippen LogP contribution in [-0.4, -0.2) is 20.6 Å². The van der Waals surface area contributed by atoms with Gasteiger partial charge in [0.2, 0.25) is 0 Å². The quantitative estimate of drug-likeness (QED) is 0.792. The second kappa shape index (κ2) is 3.61. The van der Waals surface area contributed by atoms with Gasteiger partial charge in [0.1, 0.15) is 11.7 Å². The van der Waals surface area contributed by atoms with Gasteiger partial charge in [-0.3, -0.25) is 4.79 Å². The van der Waals surface area contributed by atoms with E-state index in [0.29, 0.717) is 6.42 Å². The Morgan fingerprint density at radius 3 is 2.81 bits per heavy atom. The maximum absolute atomic E-state index is 11.1. The number of aliphatic carboxylic acids is 1. The van der Waals surface area contributed by atoms with E-state index in [2.05, 4.69) is 25.8 Å². The van der Waals surface area contributed by atoms with Crippen LogP contribution in [0.25, 0.3) is 0 Å². The summed E-state index contributed by atoms with van der Waals surface area (Å²) in [6, 6.07) is 0. The van der Waals surface area contributed by atoms with Crippen molar-refractivity contribution in [3.8, 4) is 0 Å². The SMILES string of the molecule is CC(C)(C)c1cn2c(n1)[C@H](C(=O)O)CCC2. The monoisotopic (exact) mass is 222 g/mol. The Balaban J connectivity index is 2.42. The van der Waals surface area contributed by atoms with E-state index in [1.165, 1.54) is 0 Å². The minimum Gasteiger partial charge on any atom is -0.481 e. The second-order valence-corrected chi connectivity index (χ2v) is 5.46. The molecule has 0 radical (unpaired) electrons. The van der Waals surface area contributed by atoms with Gasteiger partial charge in [0, 0.05) is 18.2 Å². The summed E-state index contributed by atoms with van der Waals surface area (Å²) in [6.45, 7) is 7.17. The van der Waals surface area contributed by atoms with Crippen molar-refractivity contribution in [2.45, 2.75) is 51.5 Å². The third-order valence-corrected chi connectivity index (χ3v) is 3.08. The Hall–Kier alpha value is -1.32. The van der Waals surface area contributed by atoms with Crippen molar-refractivity contribution in [1.82, 2.24) is 9.55 Å². The van der Waals surface area contributed by atoms with Gasteiger partial charge in [0.25, 0.3) is 0 Å². The van der Waals surface area contributed by atoms with Gasteiger partial charge in [-0.2, -0.15) is 0 Å². The number of nitrogens with zero attached hydrogens (tertiary/aromatic N) is 2. The molecular formula is C12H18N2O2. The van der Waals surface area contributed by atoms with E-state index in [1.54, 1.807) is 0 Å².